The van der Waals surface area contributed by atoms with Gasteiger partial charge >= 0.3 is 0 Å². The molecule has 2 amide bonds. The highest BCUT2D eigenvalue weighted by molar-refractivity contribution is 5.94. The zero-order chi connectivity index (χ0) is 24.7. The molecule has 180 valence electrons. The molecule has 1 saturated heterocycles. The lowest BCUT2D eigenvalue weighted by Crippen LogP contribution is -2.49. The van der Waals surface area contributed by atoms with E-state index in [4.69, 9.17) is 10.00 Å². The average molecular weight is 462 g/mol. The van der Waals surface area contributed by atoms with Crippen molar-refractivity contribution in [1.82, 2.24) is 10.2 Å². The summed E-state index contributed by atoms with van der Waals surface area (Å²) in [5.41, 5.74) is 2.93. The predicted molar refractivity (Wildman–Crippen MR) is 133 cm³/mol. The second-order valence-corrected chi connectivity index (χ2v) is 9.83. The highest BCUT2D eigenvalue weighted by Crippen LogP contribution is 2.25. The third kappa shape index (κ3) is 6.60. The van der Waals surface area contributed by atoms with E-state index in [1.165, 1.54) is 5.56 Å². The maximum Gasteiger partial charge on any atom is 0.253 e. The van der Waals surface area contributed by atoms with Crippen molar-refractivity contribution < 1.29 is 14.3 Å². The lowest BCUT2D eigenvalue weighted by atomic mass is 9.86. The van der Waals surface area contributed by atoms with Crippen LogP contribution < -0.4 is 10.1 Å². The number of nitrogens with zero attached hydrogens (tertiary/aromatic N) is 2. The summed E-state index contributed by atoms with van der Waals surface area (Å²) in [6, 6.07) is 15.0. The lowest BCUT2D eigenvalue weighted by molar-refractivity contribution is -0.130. The summed E-state index contributed by atoms with van der Waals surface area (Å²) in [6.45, 7) is 9.83. The molecule has 1 aliphatic rings. The van der Waals surface area contributed by atoms with Gasteiger partial charge in [0.15, 0.2) is 0 Å². The average Bonchev–Trinajstić information content (AvgIpc) is 2.84. The monoisotopic (exact) mass is 461 g/mol. The van der Waals surface area contributed by atoms with E-state index in [0.29, 0.717) is 30.8 Å². The van der Waals surface area contributed by atoms with Gasteiger partial charge in [-0.2, -0.15) is 5.26 Å². The van der Waals surface area contributed by atoms with Crippen LogP contribution in [0.4, 0.5) is 0 Å². The van der Waals surface area contributed by atoms with Crippen molar-refractivity contribution in [3.8, 4) is 11.8 Å². The molecule has 0 bridgehead atoms. The Morgan fingerprint density at radius 1 is 1.12 bits per heavy atom. The van der Waals surface area contributed by atoms with Gasteiger partial charge in [0.1, 0.15) is 5.75 Å². The number of nitriles is 1. The topological polar surface area (TPSA) is 82.4 Å². The zero-order valence-electron chi connectivity index (χ0n) is 20.7. The van der Waals surface area contributed by atoms with E-state index >= 15 is 0 Å². The summed E-state index contributed by atoms with van der Waals surface area (Å²) >= 11 is 0. The summed E-state index contributed by atoms with van der Waals surface area (Å²) in [4.78, 5) is 27.5. The molecule has 0 unspecified atom stereocenters. The SMILES string of the molecule is Cc1ccc(C)c(OCCCC(C)(C)C(=O)NC2CCN(C(=O)c3ccc(C#N)cc3)CC2)c1. The van der Waals surface area contributed by atoms with Crippen LogP contribution in [0.25, 0.3) is 0 Å². The van der Waals surface area contributed by atoms with E-state index in [0.717, 1.165) is 37.0 Å². The highest BCUT2D eigenvalue weighted by atomic mass is 16.5. The second kappa shape index (κ2) is 11.2. The second-order valence-electron chi connectivity index (χ2n) is 9.83. The minimum Gasteiger partial charge on any atom is -0.493 e. The molecule has 6 heteroatoms. The number of ether oxygens (including phenoxy) is 1. The minimum atomic E-state index is -0.486. The molecule has 6 nitrogen and oxygen atoms in total. The van der Waals surface area contributed by atoms with Crippen molar-refractivity contribution in [3.63, 3.8) is 0 Å². The third-order valence-electron chi connectivity index (χ3n) is 6.54. The van der Waals surface area contributed by atoms with Gasteiger partial charge in [0.05, 0.1) is 18.2 Å². The van der Waals surface area contributed by atoms with E-state index in [2.05, 4.69) is 23.5 Å². The van der Waals surface area contributed by atoms with Crippen LogP contribution >= 0.6 is 0 Å². The van der Waals surface area contributed by atoms with Gasteiger partial charge in [-0.25, -0.2) is 0 Å². The first-order chi connectivity index (χ1) is 16.2. The third-order valence-corrected chi connectivity index (χ3v) is 6.54. The Hall–Kier alpha value is -3.33. The molecule has 2 aromatic rings. The minimum absolute atomic E-state index is 0.0292. The normalized spacial score (nSPS) is 14.4. The van der Waals surface area contributed by atoms with Crippen LogP contribution in [0.2, 0.25) is 0 Å². The maximum atomic E-state index is 12.9. The number of nitrogens with one attached hydrogen (secondary N) is 1. The smallest absolute Gasteiger partial charge is 0.253 e. The molecule has 34 heavy (non-hydrogen) atoms. The predicted octanol–water partition coefficient (Wildman–Crippen LogP) is 4.78. The van der Waals surface area contributed by atoms with Crippen LogP contribution in [0.15, 0.2) is 42.5 Å². The maximum absolute atomic E-state index is 12.9. The largest absolute Gasteiger partial charge is 0.493 e. The highest BCUT2D eigenvalue weighted by Gasteiger charge is 2.31. The van der Waals surface area contributed by atoms with E-state index in [9.17, 15) is 9.59 Å². The van der Waals surface area contributed by atoms with E-state index < -0.39 is 5.41 Å². The van der Waals surface area contributed by atoms with Crippen LogP contribution in [0.3, 0.4) is 0 Å². The molecular weight excluding hydrogens is 426 g/mol. The van der Waals surface area contributed by atoms with Gasteiger partial charge in [-0.3, -0.25) is 9.59 Å². The van der Waals surface area contributed by atoms with Gasteiger partial charge in [0, 0.05) is 30.1 Å². The molecule has 0 radical (unpaired) electrons. The number of rotatable bonds is 8. The van der Waals surface area contributed by atoms with Crippen LogP contribution in [-0.2, 0) is 4.79 Å². The molecule has 1 fully saturated rings. The first-order valence-electron chi connectivity index (χ1n) is 12.0. The molecule has 1 aliphatic heterocycles. The van der Waals surface area contributed by atoms with Gasteiger partial charge in [0.2, 0.25) is 5.91 Å². The number of carbonyl (C=O) groups excluding carboxylic acids is 2. The standard InChI is InChI=1S/C28H35N3O3/c1-20-6-7-21(2)25(18-20)34-17-5-14-28(3,4)27(33)30-24-12-15-31(16-13-24)26(32)23-10-8-22(19-29)9-11-23/h6-11,18,24H,5,12-17H2,1-4H3,(H,30,33). The van der Waals surface area contributed by atoms with Gasteiger partial charge in [-0.15, -0.1) is 0 Å². The zero-order valence-corrected chi connectivity index (χ0v) is 20.7. The molecular formula is C28H35N3O3. The number of carbonyl (C=O) groups is 2. The number of amides is 2. The van der Waals surface area contributed by atoms with Gasteiger partial charge < -0.3 is 15.0 Å². The first-order valence-corrected chi connectivity index (χ1v) is 12.0. The molecule has 0 aliphatic carbocycles. The Bertz CT molecular complexity index is 1050. The summed E-state index contributed by atoms with van der Waals surface area (Å²) < 4.78 is 5.94. The van der Waals surface area contributed by atoms with Gasteiger partial charge in [-0.1, -0.05) is 26.0 Å². The molecule has 0 aromatic heterocycles. The first kappa shape index (κ1) is 25.3. The molecule has 0 saturated carbocycles. The fourth-order valence-electron chi connectivity index (χ4n) is 4.15. The number of piperidine rings is 1. The number of aryl methyl sites for hydroxylation is 2. The van der Waals surface area contributed by atoms with Crippen LogP contribution in [-0.4, -0.2) is 42.5 Å². The Kier molecular flexibility index (Phi) is 8.33. The van der Waals surface area contributed by atoms with Crippen LogP contribution in [0, 0.1) is 30.6 Å². The molecule has 1 N–H and O–H groups in total. The summed E-state index contributed by atoms with van der Waals surface area (Å²) in [7, 11) is 0. The van der Waals surface area contributed by atoms with Crippen LogP contribution in [0.5, 0.6) is 5.75 Å². The van der Waals surface area contributed by atoms with Gasteiger partial charge in [0.25, 0.3) is 5.91 Å². The number of likely N-dealkylation sites (tertiary alicyclic amines) is 1. The number of hydrogen-bond donors (Lipinski definition) is 1. The number of benzene rings is 2. The lowest BCUT2D eigenvalue weighted by Gasteiger charge is -2.34. The van der Waals surface area contributed by atoms with Gasteiger partial charge in [-0.05, 0) is 81.0 Å². The molecule has 1 heterocycles. The van der Waals surface area contributed by atoms with Crippen molar-refractivity contribution in [2.24, 2.45) is 5.41 Å². The Balaban J connectivity index is 1.42. The Labute approximate surface area is 202 Å². The quantitative estimate of drug-likeness (QED) is 0.574. The van der Waals surface area contributed by atoms with Crippen molar-refractivity contribution in [2.45, 2.75) is 59.4 Å². The van der Waals surface area contributed by atoms with Crippen molar-refractivity contribution in [1.29, 1.82) is 5.26 Å². The fourth-order valence-corrected chi connectivity index (χ4v) is 4.15. The summed E-state index contributed by atoms with van der Waals surface area (Å²) in [5.74, 6) is 0.930. The van der Waals surface area contributed by atoms with E-state index in [1.807, 2.05) is 38.7 Å². The van der Waals surface area contributed by atoms with Crippen molar-refractivity contribution in [3.05, 3.63) is 64.7 Å². The molecule has 0 atom stereocenters. The van der Waals surface area contributed by atoms with Crippen LogP contribution in [0.1, 0.15) is 66.6 Å². The molecule has 0 spiro atoms. The fraction of sp³-hybridized carbons (Fsp3) is 0.464. The van der Waals surface area contributed by atoms with E-state index in [1.54, 1.807) is 24.3 Å². The summed E-state index contributed by atoms with van der Waals surface area (Å²) in [5, 5.41) is 12.1. The molecule has 2 aromatic carbocycles. The Morgan fingerprint density at radius 3 is 2.44 bits per heavy atom. The Morgan fingerprint density at radius 2 is 1.79 bits per heavy atom. The number of hydrogen-bond acceptors (Lipinski definition) is 4. The summed E-state index contributed by atoms with van der Waals surface area (Å²) in [6.07, 6.45) is 3.00. The van der Waals surface area contributed by atoms with Crippen molar-refractivity contribution >= 4 is 11.8 Å². The van der Waals surface area contributed by atoms with E-state index in [-0.39, 0.29) is 17.9 Å². The molecule has 3 rings (SSSR count). The van der Waals surface area contributed by atoms with Crippen molar-refractivity contribution in [2.75, 3.05) is 19.7 Å².